The number of hydrogen-bond acceptors (Lipinski definition) is 4. The van der Waals surface area contributed by atoms with Crippen LogP contribution in [0.3, 0.4) is 0 Å². The average molecular weight is 388 g/mol. The number of carbonyl (C=O) groups excluding carboxylic acids is 2. The van der Waals surface area contributed by atoms with Crippen LogP contribution in [-0.2, 0) is 14.3 Å². The summed E-state index contributed by atoms with van der Waals surface area (Å²) >= 11 is 0. The fraction of sp³-hybridized carbons (Fsp3) is 0.636. The molecule has 154 valence electrons. The van der Waals surface area contributed by atoms with Crippen LogP contribution in [0.25, 0.3) is 0 Å². The van der Waals surface area contributed by atoms with E-state index in [2.05, 4.69) is 29.3 Å². The third-order valence-electron chi connectivity index (χ3n) is 6.08. The first-order valence-electron chi connectivity index (χ1n) is 10.5. The molecule has 0 radical (unpaired) electrons. The first kappa shape index (κ1) is 20.8. The number of ether oxygens (including phenoxy) is 1. The number of morpholine rings is 1. The SMILES string of the molecule is CC(CNC(=O)C(C)N1CCC(C(=O)N2CCOCC2)CC1)c1ccccc1. The number of nitrogens with one attached hydrogen (secondary N) is 1. The fourth-order valence-electron chi connectivity index (χ4n) is 4.04. The minimum Gasteiger partial charge on any atom is -0.378 e. The van der Waals surface area contributed by atoms with Gasteiger partial charge in [-0.2, -0.15) is 0 Å². The number of carbonyl (C=O) groups is 2. The molecule has 2 aliphatic heterocycles. The molecule has 28 heavy (non-hydrogen) atoms. The van der Waals surface area contributed by atoms with Crippen molar-refractivity contribution in [2.75, 3.05) is 45.9 Å². The van der Waals surface area contributed by atoms with Crippen molar-refractivity contribution in [3.05, 3.63) is 35.9 Å². The van der Waals surface area contributed by atoms with Crippen molar-refractivity contribution in [2.45, 2.75) is 38.6 Å². The van der Waals surface area contributed by atoms with Gasteiger partial charge in [0.05, 0.1) is 19.3 Å². The molecule has 2 aliphatic rings. The van der Waals surface area contributed by atoms with Crippen LogP contribution in [0.1, 0.15) is 38.2 Å². The minimum atomic E-state index is -0.164. The monoisotopic (exact) mass is 387 g/mol. The Kier molecular flexibility index (Phi) is 7.45. The lowest BCUT2D eigenvalue weighted by atomic mass is 9.94. The molecule has 0 aromatic heterocycles. The van der Waals surface area contributed by atoms with Gasteiger partial charge in [0, 0.05) is 25.6 Å². The Morgan fingerprint density at radius 3 is 2.36 bits per heavy atom. The minimum absolute atomic E-state index is 0.0701. The van der Waals surface area contributed by atoms with Gasteiger partial charge in [0.15, 0.2) is 0 Å². The summed E-state index contributed by atoms with van der Waals surface area (Å²) in [6.45, 7) is 9.02. The number of amides is 2. The second-order valence-electron chi connectivity index (χ2n) is 7.98. The Balaban J connectivity index is 1.42. The second-order valence-corrected chi connectivity index (χ2v) is 7.98. The Labute approximate surface area is 168 Å². The molecule has 6 heteroatoms. The molecule has 0 bridgehead atoms. The highest BCUT2D eigenvalue weighted by Gasteiger charge is 2.32. The summed E-state index contributed by atoms with van der Waals surface area (Å²) in [5.41, 5.74) is 1.23. The molecular weight excluding hydrogens is 354 g/mol. The summed E-state index contributed by atoms with van der Waals surface area (Å²) in [6.07, 6.45) is 1.66. The van der Waals surface area contributed by atoms with E-state index in [9.17, 15) is 9.59 Å². The van der Waals surface area contributed by atoms with Crippen LogP contribution in [-0.4, -0.2) is 73.6 Å². The number of nitrogens with zero attached hydrogens (tertiary/aromatic N) is 2. The van der Waals surface area contributed by atoms with Crippen LogP contribution >= 0.6 is 0 Å². The summed E-state index contributed by atoms with van der Waals surface area (Å²) in [4.78, 5) is 29.4. The summed E-state index contributed by atoms with van der Waals surface area (Å²) < 4.78 is 5.33. The van der Waals surface area contributed by atoms with E-state index in [0.29, 0.717) is 32.8 Å². The summed E-state index contributed by atoms with van der Waals surface area (Å²) in [5, 5.41) is 3.09. The number of likely N-dealkylation sites (tertiary alicyclic amines) is 1. The smallest absolute Gasteiger partial charge is 0.237 e. The van der Waals surface area contributed by atoms with E-state index in [0.717, 1.165) is 25.9 Å². The van der Waals surface area contributed by atoms with Crippen molar-refractivity contribution >= 4 is 11.8 Å². The normalized spacial score (nSPS) is 21.1. The van der Waals surface area contributed by atoms with E-state index in [1.165, 1.54) is 5.56 Å². The molecule has 3 rings (SSSR count). The molecule has 2 atom stereocenters. The van der Waals surface area contributed by atoms with Crippen LogP contribution in [0.5, 0.6) is 0 Å². The van der Waals surface area contributed by atoms with E-state index >= 15 is 0 Å². The van der Waals surface area contributed by atoms with Gasteiger partial charge < -0.3 is 15.0 Å². The summed E-state index contributed by atoms with van der Waals surface area (Å²) in [5.74, 6) is 0.703. The van der Waals surface area contributed by atoms with Gasteiger partial charge in [-0.15, -0.1) is 0 Å². The average Bonchev–Trinajstić information content (AvgIpc) is 2.77. The quantitative estimate of drug-likeness (QED) is 0.809. The van der Waals surface area contributed by atoms with Gasteiger partial charge in [0.25, 0.3) is 0 Å². The standard InChI is InChI=1S/C22H33N3O3/c1-17(19-6-4-3-5-7-19)16-23-21(26)18(2)24-10-8-20(9-11-24)22(27)25-12-14-28-15-13-25/h3-7,17-18,20H,8-16H2,1-2H3,(H,23,26). The third-order valence-corrected chi connectivity index (χ3v) is 6.08. The highest BCUT2D eigenvalue weighted by molar-refractivity contribution is 5.81. The first-order chi connectivity index (χ1) is 13.6. The lowest BCUT2D eigenvalue weighted by molar-refractivity contribution is -0.141. The highest BCUT2D eigenvalue weighted by atomic mass is 16.5. The molecule has 2 heterocycles. The zero-order valence-electron chi connectivity index (χ0n) is 17.1. The fourth-order valence-corrected chi connectivity index (χ4v) is 4.04. The topological polar surface area (TPSA) is 61.9 Å². The van der Waals surface area contributed by atoms with E-state index in [4.69, 9.17) is 4.74 Å². The lowest BCUT2D eigenvalue weighted by Crippen LogP contribution is -2.51. The van der Waals surface area contributed by atoms with Gasteiger partial charge >= 0.3 is 0 Å². The van der Waals surface area contributed by atoms with Crippen LogP contribution in [0.2, 0.25) is 0 Å². The zero-order valence-corrected chi connectivity index (χ0v) is 17.1. The van der Waals surface area contributed by atoms with E-state index in [1.54, 1.807) is 0 Å². The van der Waals surface area contributed by atoms with Gasteiger partial charge in [0.2, 0.25) is 11.8 Å². The molecule has 2 saturated heterocycles. The number of rotatable bonds is 6. The van der Waals surface area contributed by atoms with E-state index in [-0.39, 0.29) is 29.7 Å². The van der Waals surface area contributed by atoms with Gasteiger partial charge in [0.1, 0.15) is 0 Å². The molecule has 1 aromatic rings. The Morgan fingerprint density at radius 1 is 1.07 bits per heavy atom. The number of hydrogen-bond donors (Lipinski definition) is 1. The maximum Gasteiger partial charge on any atom is 0.237 e. The third kappa shape index (κ3) is 5.32. The van der Waals surface area contributed by atoms with Gasteiger partial charge in [-0.25, -0.2) is 0 Å². The Morgan fingerprint density at radius 2 is 1.71 bits per heavy atom. The van der Waals surface area contributed by atoms with Crippen molar-refractivity contribution in [1.82, 2.24) is 15.1 Å². The number of piperidine rings is 1. The maximum absolute atomic E-state index is 12.6. The molecule has 0 saturated carbocycles. The van der Waals surface area contributed by atoms with E-state index in [1.807, 2.05) is 30.0 Å². The van der Waals surface area contributed by atoms with Gasteiger partial charge in [-0.3, -0.25) is 14.5 Å². The molecule has 2 amide bonds. The van der Waals surface area contributed by atoms with Crippen molar-refractivity contribution in [3.8, 4) is 0 Å². The number of benzene rings is 1. The molecule has 6 nitrogen and oxygen atoms in total. The largest absolute Gasteiger partial charge is 0.378 e. The van der Waals surface area contributed by atoms with E-state index < -0.39 is 0 Å². The van der Waals surface area contributed by atoms with Crippen LogP contribution in [0, 0.1) is 5.92 Å². The van der Waals surface area contributed by atoms with Crippen LogP contribution in [0.15, 0.2) is 30.3 Å². The molecule has 2 unspecified atom stereocenters. The lowest BCUT2D eigenvalue weighted by Gasteiger charge is -2.37. The summed E-state index contributed by atoms with van der Waals surface area (Å²) in [7, 11) is 0. The highest BCUT2D eigenvalue weighted by Crippen LogP contribution is 2.22. The van der Waals surface area contributed by atoms with Crippen LogP contribution < -0.4 is 5.32 Å². The predicted molar refractivity (Wildman–Crippen MR) is 109 cm³/mol. The van der Waals surface area contributed by atoms with Crippen molar-refractivity contribution < 1.29 is 14.3 Å². The zero-order chi connectivity index (χ0) is 19.9. The van der Waals surface area contributed by atoms with Gasteiger partial charge in [-0.1, -0.05) is 37.3 Å². The second kappa shape index (κ2) is 10.0. The molecule has 0 spiro atoms. The Bertz CT molecular complexity index is 638. The van der Waals surface area contributed by atoms with Crippen LogP contribution in [0.4, 0.5) is 0 Å². The predicted octanol–water partition coefficient (Wildman–Crippen LogP) is 1.87. The molecule has 1 aromatic carbocycles. The van der Waals surface area contributed by atoms with Crippen molar-refractivity contribution in [3.63, 3.8) is 0 Å². The Hall–Kier alpha value is -1.92. The first-order valence-corrected chi connectivity index (χ1v) is 10.5. The van der Waals surface area contributed by atoms with Gasteiger partial charge in [-0.05, 0) is 44.3 Å². The summed E-state index contributed by atoms with van der Waals surface area (Å²) in [6, 6.07) is 10.1. The van der Waals surface area contributed by atoms with Crippen molar-refractivity contribution in [2.24, 2.45) is 5.92 Å². The van der Waals surface area contributed by atoms with Crippen molar-refractivity contribution in [1.29, 1.82) is 0 Å². The molecular formula is C22H33N3O3. The molecule has 0 aliphatic carbocycles. The molecule has 2 fully saturated rings. The molecule has 1 N–H and O–H groups in total. The maximum atomic E-state index is 12.6.